The maximum Gasteiger partial charge on any atom is 0.170 e. The maximum atomic E-state index is 5.87. The summed E-state index contributed by atoms with van der Waals surface area (Å²) in [6.45, 7) is 5.14. The second-order valence-electron chi connectivity index (χ2n) is 8.46. The third-order valence-corrected chi connectivity index (χ3v) is 7.01. The summed E-state index contributed by atoms with van der Waals surface area (Å²) in [6.07, 6.45) is 8.58. The third kappa shape index (κ3) is 3.33. The Morgan fingerprint density at radius 2 is 2.00 bits per heavy atom. The van der Waals surface area contributed by atoms with Crippen molar-refractivity contribution in [3.05, 3.63) is 77.3 Å². The quantitative estimate of drug-likeness (QED) is 0.585. The molecule has 1 saturated heterocycles. The monoisotopic (exact) mass is 420 g/mol. The van der Waals surface area contributed by atoms with E-state index in [9.17, 15) is 0 Å². The number of aromatic nitrogens is 2. The van der Waals surface area contributed by atoms with Crippen LogP contribution in [0.4, 0.5) is 0 Å². The third-order valence-electron chi connectivity index (χ3n) is 6.68. The molecule has 1 aliphatic carbocycles. The van der Waals surface area contributed by atoms with E-state index in [2.05, 4.69) is 51.8 Å². The lowest BCUT2D eigenvalue weighted by molar-refractivity contribution is 0.245. The predicted octanol–water partition coefficient (Wildman–Crippen LogP) is 5.06. The molecule has 1 saturated carbocycles. The lowest BCUT2D eigenvalue weighted by atomic mass is 9.95. The van der Waals surface area contributed by atoms with Gasteiger partial charge in [0.05, 0.1) is 30.6 Å². The Morgan fingerprint density at radius 1 is 1.17 bits per heavy atom. The summed E-state index contributed by atoms with van der Waals surface area (Å²) in [7, 11) is 0. The maximum absolute atomic E-state index is 5.87. The van der Waals surface area contributed by atoms with Crippen LogP contribution in [0.5, 0.6) is 0 Å². The largest absolute Gasteiger partial charge is 0.467 e. The summed E-state index contributed by atoms with van der Waals surface area (Å²) >= 11 is 5.87. The van der Waals surface area contributed by atoms with Gasteiger partial charge in [-0.2, -0.15) is 0 Å². The molecule has 2 fully saturated rings. The van der Waals surface area contributed by atoms with Gasteiger partial charge in [-0.25, -0.2) is 0 Å². The van der Waals surface area contributed by atoms with E-state index in [1.54, 1.807) is 6.26 Å². The fourth-order valence-electron chi connectivity index (χ4n) is 5.20. The van der Waals surface area contributed by atoms with Gasteiger partial charge in [0.25, 0.3) is 0 Å². The number of hydrogen-bond donors (Lipinski definition) is 1. The molecule has 6 heteroatoms. The van der Waals surface area contributed by atoms with E-state index in [4.69, 9.17) is 16.6 Å². The first-order chi connectivity index (χ1) is 14.6. The van der Waals surface area contributed by atoms with Gasteiger partial charge in [0.1, 0.15) is 5.76 Å². The Labute approximate surface area is 183 Å². The average molecular weight is 421 g/mol. The molecular weight excluding hydrogens is 392 g/mol. The van der Waals surface area contributed by atoms with Crippen molar-refractivity contribution >= 4 is 17.3 Å². The van der Waals surface area contributed by atoms with Gasteiger partial charge in [0.2, 0.25) is 0 Å². The van der Waals surface area contributed by atoms with Gasteiger partial charge in [-0.3, -0.25) is 4.98 Å². The number of rotatable bonds is 5. The van der Waals surface area contributed by atoms with Crippen molar-refractivity contribution in [2.24, 2.45) is 0 Å². The second kappa shape index (κ2) is 7.91. The molecule has 0 amide bonds. The van der Waals surface area contributed by atoms with Crippen molar-refractivity contribution in [1.29, 1.82) is 0 Å². The fraction of sp³-hybridized carbons (Fsp3) is 0.417. The van der Waals surface area contributed by atoms with E-state index in [-0.39, 0.29) is 12.1 Å². The van der Waals surface area contributed by atoms with Crippen molar-refractivity contribution in [3.8, 4) is 0 Å². The molecule has 156 valence electrons. The Kier molecular flexibility index (Phi) is 5.11. The standard InChI is InChI=1S/C24H28N4OS/c1-16-14-20(17(2)27(16)15-19-10-7-13-29-19)23-22(21-11-5-6-12-25-21)26-24(30)28(23)18-8-3-4-9-18/h5-7,10-14,18,22-23H,3-4,8-9,15H2,1-2H3,(H,26,30)/t22-,23+/m1/s1. The first-order valence-corrected chi connectivity index (χ1v) is 11.2. The van der Waals surface area contributed by atoms with Gasteiger partial charge in [-0.05, 0) is 74.8 Å². The molecule has 5 nitrogen and oxygen atoms in total. The molecule has 3 aromatic heterocycles. The molecule has 2 aliphatic rings. The van der Waals surface area contributed by atoms with Crippen LogP contribution in [-0.2, 0) is 6.54 Å². The van der Waals surface area contributed by atoms with E-state index >= 15 is 0 Å². The summed E-state index contributed by atoms with van der Waals surface area (Å²) in [5.41, 5.74) is 4.88. The highest BCUT2D eigenvalue weighted by molar-refractivity contribution is 7.80. The van der Waals surface area contributed by atoms with Crippen molar-refractivity contribution in [2.45, 2.75) is 64.2 Å². The molecule has 1 N–H and O–H groups in total. The highest BCUT2D eigenvalue weighted by atomic mass is 32.1. The van der Waals surface area contributed by atoms with Crippen LogP contribution in [0.15, 0.2) is 53.3 Å². The van der Waals surface area contributed by atoms with Crippen LogP contribution in [0.1, 0.15) is 66.2 Å². The van der Waals surface area contributed by atoms with E-state index in [0.717, 1.165) is 23.1 Å². The van der Waals surface area contributed by atoms with Crippen LogP contribution < -0.4 is 5.32 Å². The topological polar surface area (TPSA) is 46.2 Å². The van der Waals surface area contributed by atoms with Crippen LogP contribution in [0.25, 0.3) is 0 Å². The van der Waals surface area contributed by atoms with Gasteiger partial charge in [-0.15, -0.1) is 0 Å². The van der Waals surface area contributed by atoms with Gasteiger partial charge >= 0.3 is 0 Å². The minimum absolute atomic E-state index is 0.0527. The number of nitrogens with one attached hydrogen (secondary N) is 1. The first-order valence-electron chi connectivity index (χ1n) is 10.8. The summed E-state index contributed by atoms with van der Waals surface area (Å²) < 4.78 is 7.96. The highest BCUT2D eigenvalue weighted by Crippen LogP contribution is 2.44. The Bertz CT molecular complexity index is 1020. The van der Waals surface area contributed by atoms with Crippen LogP contribution in [0.2, 0.25) is 0 Å². The number of thiocarbonyl (C=S) groups is 1. The van der Waals surface area contributed by atoms with Crippen molar-refractivity contribution in [3.63, 3.8) is 0 Å². The van der Waals surface area contributed by atoms with Crippen LogP contribution in [0.3, 0.4) is 0 Å². The molecular formula is C24H28N4OS. The van der Waals surface area contributed by atoms with E-state index in [1.165, 1.54) is 42.6 Å². The number of hydrogen-bond acceptors (Lipinski definition) is 3. The number of nitrogens with zero attached hydrogens (tertiary/aromatic N) is 3. The van der Waals surface area contributed by atoms with Crippen LogP contribution >= 0.6 is 12.2 Å². The molecule has 0 spiro atoms. The smallest absolute Gasteiger partial charge is 0.170 e. The lowest BCUT2D eigenvalue weighted by Gasteiger charge is -2.33. The van der Waals surface area contributed by atoms with Gasteiger partial charge < -0.3 is 19.2 Å². The van der Waals surface area contributed by atoms with E-state index < -0.39 is 0 Å². The van der Waals surface area contributed by atoms with Crippen LogP contribution in [0, 0.1) is 13.8 Å². The zero-order valence-corrected chi connectivity index (χ0v) is 18.4. The molecule has 5 rings (SSSR count). The SMILES string of the molecule is Cc1cc([C@H]2[C@@H](c3ccccn3)NC(=S)N2C2CCCC2)c(C)n1Cc1ccco1. The van der Waals surface area contributed by atoms with Crippen molar-refractivity contribution in [1.82, 2.24) is 19.8 Å². The van der Waals surface area contributed by atoms with E-state index in [0.29, 0.717) is 6.04 Å². The predicted molar refractivity (Wildman–Crippen MR) is 121 cm³/mol. The number of pyridine rings is 1. The van der Waals surface area contributed by atoms with Crippen molar-refractivity contribution < 1.29 is 4.42 Å². The van der Waals surface area contributed by atoms with Gasteiger partial charge in [0, 0.05) is 23.6 Å². The summed E-state index contributed by atoms with van der Waals surface area (Å²) in [5, 5.41) is 4.47. The lowest BCUT2D eigenvalue weighted by Crippen LogP contribution is -2.37. The average Bonchev–Trinajstić information content (AvgIpc) is 3.54. The van der Waals surface area contributed by atoms with E-state index in [1.807, 2.05) is 24.4 Å². The zero-order valence-electron chi connectivity index (χ0n) is 17.5. The molecule has 0 aromatic carbocycles. The number of furan rings is 1. The molecule has 0 radical (unpaired) electrons. The minimum atomic E-state index is 0.0527. The minimum Gasteiger partial charge on any atom is -0.467 e. The van der Waals surface area contributed by atoms with Gasteiger partial charge in [0.15, 0.2) is 5.11 Å². The highest BCUT2D eigenvalue weighted by Gasteiger charge is 2.44. The second-order valence-corrected chi connectivity index (χ2v) is 8.85. The normalized spacial score (nSPS) is 22.1. The molecule has 2 atom stereocenters. The van der Waals surface area contributed by atoms with Gasteiger partial charge in [-0.1, -0.05) is 18.9 Å². The zero-order chi connectivity index (χ0) is 20.7. The molecule has 0 unspecified atom stereocenters. The first kappa shape index (κ1) is 19.4. The molecule has 30 heavy (non-hydrogen) atoms. The van der Waals surface area contributed by atoms with Crippen molar-refractivity contribution in [2.75, 3.05) is 0 Å². The molecule has 3 aromatic rings. The fourth-order valence-corrected chi connectivity index (χ4v) is 5.59. The summed E-state index contributed by atoms with van der Waals surface area (Å²) in [5.74, 6) is 0.970. The summed E-state index contributed by atoms with van der Waals surface area (Å²) in [6, 6.07) is 13.1. The summed E-state index contributed by atoms with van der Waals surface area (Å²) in [4.78, 5) is 7.15. The molecule has 0 bridgehead atoms. The number of aryl methyl sites for hydroxylation is 1. The van der Waals surface area contributed by atoms with Crippen LogP contribution in [-0.4, -0.2) is 25.6 Å². The Morgan fingerprint density at radius 3 is 2.70 bits per heavy atom. The molecule has 4 heterocycles. The Balaban J connectivity index is 1.58. The Hall–Kier alpha value is -2.60. The molecule has 1 aliphatic heterocycles.